The second-order valence-corrected chi connectivity index (χ2v) is 8.09. The number of ether oxygens (including phenoxy) is 2. The molecule has 0 spiro atoms. The van der Waals surface area contributed by atoms with Crippen LogP contribution in [0.5, 0.6) is 11.5 Å². The fourth-order valence-corrected chi connectivity index (χ4v) is 4.40. The molecule has 0 saturated carbocycles. The van der Waals surface area contributed by atoms with Gasteiger partial charge in [-0.15, -0.1) is 23.1 Å². The molecule has 5 nitrogen and oxygen atoms in total. The van der Waals surface area contributed by atoms with Crippen molar-refractivity contribution < 1.29 is 14.3 Å². The summed E-state index contributed by atoms with van der Waals surface area (Å²) >= 11 is 3.27. The molecule has 0 saturated heterocycles. The van der Waals surface area contributed by atoms with Crippen LogP contribution in [0.2, 0.25) is 0 Å². The zero-order valence-corrected chi connectivity index (χ0v) is 16.4. The van der Waals surface area contributed by atoms with Gasteiger partial charge in [-0.2, -0.15) is 0 Å². The van der Waals surface area contributed by atoms with Crippen molar-refractivity contribution in [3.8, 4) is 11.5 Å². The number of carbonyl (C=O) groups is 1. The summed E-state index contributed by atoms with van der Waals surface area (Å²) in [5.74, 6) is 2.11. The lowest BCUT2D eigenvalue weighted by Gasteiger charge is -2.10. The Morgan fingerprint density at radius 1 is 1.22 bits per heavy atom. The average molecular weight is 399 g/mol. The molecule has 0 radical (unpaired) electrons. The number of aryl methyl sites for hydroxylation is 1. The predicted octanol–water partition coefficient (Wildman–Crippen LogP) is 4.40. The molecule has 0 aliphatic carbocycles. The summed E-state index contributed by atoms with van der Waals surface area (Å²) in [6, 6.07) is 13.3. The fourth-order valence-electron chi connectivity index (χ4n) is 2.73. The van der Waals surface area contributed by atoms with Gasteiger partial charge in [-0.1, -0.05) is 18.2 Å². The van der Waals surface area contributed by atoms with E-state index < -0.39 is 0 Å². The summed E-state index contributed by atoms with van der Waals surface area (Å²) in [4.78, 5) is 18.1. The first-order chi connectivity index (χ1) is 13.2. The molecule has 1 aliphatic heterocycles. The summed E-state index contributed by atoms with van der Waals surface area (Å²) in [6.45, 7) is 2.67. The molecule has 7 heteroatoms. The molecule has 0 bridgehead atoms. The van der Waals surface area contributed by atoms with Crippen LogP contribution >= 0.6 is 23.1 Å². The van der Waals surface area contributed by atoms with Crippen LogP contribution in [-0.2, 0) is 12.3 Å². The monoisotopic (exact) mass is 398 g/mol. The van der Waals surface area contributed by atoms with Crippen molar-refractivity contribution in [1.29, 1.82) is 0 Å². The van der Waals surface area contributed by atoms with E-state index in [1.807, 2.05) is 49.4 Å². The molecule has 2 aromatic carbocycles. The van der Waals surface area contributed by atoms with Gasteiger partial charge < -0.3 is 14.8 Å². The van der Waals surface area contributed by atoms with Gasteiger partial charge in [0.15, 0.2) is 11.5 Å². The highest BCUT2D eigenvalue weighted by Gasteiger charge is 2.15. The Morgan fingerprint density at radius 2 is 2.07 bits per heavy atom. The van der Waals surface area contributed by atoms with E-state index in [9.17, 15) is 4.79 Å². The SMILES string of the molecule is Cc1nc(CSc2ccccc2C(=O)NCc2ccc3c(c2)OCO3)cs1. The van der Waals surface area contributed by atoms with E-state index in [0.29, 0.717) is 12.1 Å². The number of thioether (sulfide) groups is 1. The molecule has 27 heavy (non-hydrogen) atoms. The maximum absolute atomic E-state index is 12.7. The second-order valence-electron chi connectivity index (χ2n) is 6.01. The first-order valence-electron chi connectivity index (χ1n) is 8.48. The molecule has 0 atom stereocenters. The van der Waals surface area contributed by atoms with Gasteiger partial charge in [0.1, 0.15) is 0 Å². The van der Waals surface area contributed by atoms with E-state index in [0.717, 1.165) is 38.4 Å². The maximum atomic E-state index is 12.7. The zero-order chi connectivity index (χ0) is 18.6. The van der Waals surface area contributed by atoms with Crippen LogP contribution in [0.3, 0.4) is 0 Å². The average Bonchev–Trinajstić information content (AvgIpc) is 3.32. The van der Waals surface area contributed by atoms with Gasteiger partial charge in [0.25, 0.3) is 5.91 Å². The van der Waals surface area contributed by atoms with Crippen molar-refractivity contribution in [1.82, 2.24) is 10.3 Å². The molecule has 3 aromatic rings. The Bertz CT molecular complexity index is 971. The Kier molecular flexibility index (Phi) is 5.31. The molecule has 0 fully saturated rings. The van der Waals surface area contributed by atoms with Crippen LogP contribution in [0.4, 0.5) is 0 Å². The Labute approximate surface area is 165 Å². The topological polar surface area (TPSA) is 60.5 Å². The summed E-state index contributed by atoms with van der Waals surface area (Å²) in [6.07, 6.45) is 0. The lowest BCUT2D eigenvalue weighted by atomic mass is 10.1. The number of amides is 1. The normalized spacial score (nSPS) is 12.2. The van der Waals surface area contributed by atoms with Gasteiger partial charge >= 0.3 is 0 Å². The van der Waals surface area contributed by atoms with Crippen LogP contribution in [0.1, 0.15) is 26.6 Å². The van der Waals surface area contributed by atoms with Crippen molar-refractivity contribution in [2.24, 2.45) is 0 Å². The molecule has 138 valence electrons. The summed E-state index contributed by atoms with van der Waals surface area (Å²) in [5.41, 5.74) is 2.68. The predicted molar refractivity (Wildman–Crippen MR) is 107 cm³/mol. The third-order valence-electron chi connectivity index (χ3n) is 4.06. The van der Waals surface area contributed by atoms with Crippen LogP contribution in [0.25, 0.3) is 0 Å². The molecule has 1 N–H and O–H groups in total. The van der Waals surface area contributed by atoms with E-state index in [2.05, 4.69) is 15.7 Å². The quantitative estimate of drug-likeness (QED) is 0.624. The van der Waals surface area contributed by atoms with E-state index in [4.69, 9.17) is 9.47 Å². The lowest BCUT2D eigenvalue weighted by Crippen LogP contribution is -2.23. The molecular weight excluding hydrogens is 380 g/mol. The summed E-state index contributed by atoms with van der Waals surface area (Å²) in [5, 5.41) is 6.10. The number of aromatic nitrogens is 1. The van der Waals surface area contributed by atoms with E-state index >= 15 is 0 Å². The Balaban J connectivity index is 1.41. The van der Waals surface area contributed by atoms with Gasteiger partial charge in [0.05, 0.1) is 16.3 Å². The molecule has 1 aliphatic rings. The highest BCUT2D eigenvalue weighted by Crippen LogP contribution is 2.32. The van der Waals surface area contributed by atoms with E-state index in [-0.39, 0.29) is 12.7 Å². The first-order valence-corrected chi connectivity index (χ1v) is 10.3. The van der Waals surface area contributed by atoms with Gasteiger partial charge in [-0.05, 0) is 36.8 Å². The van der Waals surface area contributed by atoms with Crippen LogP contribution in [0.15, 0.2) is 52.7 Å². The molecule has 2 heterocycles. The van der Waals surface area contributed by atoms with Crippen LogP contribution in [-0.4, -0.2) is 17.7 Å². The molecule has 4 rings (SSSR count). The van der Waals surface area contributed by atoms with Gasteiger partial charge in [0.2, 0.25) is 6.79 Å². The van der Waals surface area contributed by atoms with E-state index in [1.54, 1.807) is 23.1 Å². The molecular formula is C20H18N2O3S2. The molecule has 1 aromatic heterocycles. The summed E-state index contributed by atoms with van der Waals surface area (Å²) < 4.78 is 10.7. The number of nitrogens with zero attached hydrogens (tertiary/aromatic N) is 1. The summed E-state index contributed by atoms with van der Waals surface area (Å²) in [7, 11) is 0. The highest BCUT2D eigenvalue weighted by molar-refractivity contribution is 7.98. The number of rotatable bonds is 6. The van der Waals surface area contributed by atoms with Crippen LogP contribution in [0, 0.1) is 6.92 Å². The third-order valence-corrected chi connectivity index (χ3v) is 5.99. The minimum atomic E-state index is -0.0924. The minimum absolute atomic E-state index is 0.0924. The zero-order valence-electron chi connectivity index (χ0n) is 14.7. The van der Waals surface area contributed by atoms with Gasteiger partial charge in [-0.3, -0.25) is 4.79 Å². The van der Waals surface area contributed by atoms with Crippen molar-refractivity contribution in [3.05, 3.63) is 69.7 Å². The fraction of sp³-hybridized carbons (Fsp3) is 0.200. The van der Waals surface area contributed by atoms with Crippen molar-refractivity contribution >= 4 is 29.0 Å². The number of hydrogen-bond donors (Lipinski definition) is 1. The second kappa shape index (κ2) is 8.02. The Hall–Kier alpha value is -2.51. The highest BCUT2D eigenvalue weighted by atomic mass is 32.2. The number of hydrogen-bond acceptors (Lipinski definition) is 6. The van der Waals surface area contributed by atoms with Gasteiger partial charge in [0, 0.05) is 22.6 Å². The largest absolute Gasteiger partial charge is 0.454 e. The number of fused-ring (bicyclic) bond motifs is 1. The third kappa shape index (κ3) is 4.26. The van der Waals surface area contributed by atoms with Crippen molar-refractivity contribution in [2.45, 2.75) is 24.1 Å². The number of benzene rings is 2. The Morgan fingerprint density at radius 3 is 2.93 bits per heavy atom. The first kappa shape index (κ1) is 17.9. The smallest absolute Gasteiger partial charge is 0.252 e. The number of thiazole rings is 1. The standard InChI is InChI=1S/C20H18N2O3S2/c1-13-22-15(10-26-13)11-27-19-5-3-2-4-16(19)20(23)21-9-14-6-7-17-18(8-14)25-12-24-17/h2-8,10H,9,11-12H2,1H3,(H,21,23). The van der Waals surface area contributed by atoms with Crippen molar-refractivity contribution in [3.63, 3.8) is 0 Å². The molecule has 0 unspecified atom stereocenters. The van der Waals surface area contributed by atoms with Crippen LogP contribution < -0.4 is 14.8 Å². The van der Waals surface area contributed by atoms with Gasteiger partial charge in [-0.25, -0.2) is 4.98 Å². The molecule has 1 amide bonds. The number of carbonyl (C=O) groups excluding carboxylic acids is 1. The number of nitrogens with one attached hydrogen (secondary N) is 1. The van der Waals surface area contributed by atoms with Crippen molar-refractivity contribution in [2.75, 3.05) is 6.79 Å². The lowest BCUT2D eigenvalue weighted by molar-refractivity contribution is 0.0948. The minimum Gasteiger partial charge on any atom is -0.454 e. The van der Waals surface area contributed by atoms with E-state index in [1.165, 1.54) is 0 Å². The maximum Gasteiger partial charge on any atom is 0.252 e.